The van der Waals surface area contributed by atoms with E-state index in [4.69, 9.17) is 4.74 Å². The molecule has 13 heavy (non-hydrogen) atoms. The number of H-pyrrole nitrogens is 1. The van der Waals surface area contributed by atoms with Crippen LogP contribution in [0.4, 0.5) is 0 Å². The first-order chi connectivity index (χ1) is 6.33. The lowest BCUT2D eigenvalue weighted by molar-refractivity contribution is 0.344. The molecule has 0 spiro atoms. The zero-order valence-corrected chi connectivity index (χ0v) is 7.92. The zero-order chi connectivity index (χ0) is 9.26. The van der Waals surface area contributed by atoms with Crippen LogP contribution in [0, 0.1) is 6.92 Å². The summed E-state index contributed by atoms with van der Waals surface area (Å²) in [4.78, 5) is 3.19. The quantitative estimate of drug-likeness (QED) is 0.745. The van der Waals surface area contributed by atoms with E-state index in [1.165, 1.54) is 10.9 Å². The number of hydrogen-bond acceptors (Lipinski definition) is 1. The Kier molecular flexibility index (Phi) is 1.97. The highest BCUT2D eigenvalue weighted by molar-refractivity contribution is 5.89. The highest BCUT2D eigenvalue weighted by Gasteiger charge is 2.05. The number of aromatic amines is 1. The fourth-order valence-electron chi connectivity index (χ4n) is 1.60. The third kappa shape index (κ3) is 1.28. The number of fused-ring (bicyclic) bond motifs is 1. The lowest BCUT2D eigenvalue weighted by Crippen LogP contribution is -1.90. The van der Waals surface area contributed by atoms with Gasteiger partial charge >= 0.3 is 0 Å². The maximum atomic E-state index is 5.51. The van der Waals surface area contributed by atoms with Crippen LogP contribution in [-0.4, -0.2) is 11.6 Å². The Balaban J connectivity index is 2.64. The molecule has 0 bridgehead atoms. The lowest BCUT2D eigenvalue weighted by Gasteiger charge is -2.01. The third-order valence-electron chi connectivity index (χ3n) is 2.18. The molecule has 0 unspecified atom stereocenters. The van der Waals surface area contributed by atoms with E-state index in [1.54, 1.807) is 0 Å². The standard InChI is InChI=1S/C11H13NO/c1-3-13-10-7-12-9-6-4-5-8(2)11(9)10/h4-7,12H,3H2,1-2H3. The van der Waals surface area contributed by atoms with Gasteiger partial charge in [0.15, 0.2) is 0 Å². The first kappa shape index (κ1) is 8.17. The number of rotatable bonds is 2. The molecule has 2 aromatic rings. The van der Waals surface area contributed by atoms with E-state index >= 15 is 0 Å². The van der Waals surface area contributed by atoms with Crippen LogP contribution in [0.5, 0.6) is 5.75 Å². The van der Waals surface area contributed by atoms with Crippen LogP contribution >= 0.6 is 0 Å². The average molecular weight is 175 g/mol. The minimum Gasteiger partial charge on any atom is -0.492 e. The van der Waals surface area contributed by atoms with Gasteiger partial charge in [0.05, 0.1) is 6.61 Å². The molecule has 2 rings (SSSR count). The number of aryl methyl sites for hydroxylation is 1. The third-order valence-corrected chi connectivity index (χ3v) is 2.18. The van der Waals surface area contributed by atoms with Crippen molar-refractivity contribution in [2.75, 3.05) is 6.61 Å². The summed E-state index contributed by atoms with van der Waals surface area (Å²) in [6.45, 7) is 4.80. The minimum atomic E-state index is 0.710. The second-order valence-corrected chi connectivity index (χ2v) is 3.08. The molecule has 0 aliphatic heterocycles. The van der Waals surface area contributed by atoms with Crippen molar-refractivity contribution in [2.45, 2.75) is 13.8 Å². The van der Waals surface area contributed by atoms with Crippen LogP contribution in [0.1, 0.15) is 12.5 Å². The van der Waals surface area contributed by atoms with Crippen molar-refractivity contribution in [3.8, 4) is 5.75 Å². The molecule has 0 aliphatic carbocycles. The molecule has 0 amide bonds. The van der Waals surface area contributed by atoms with Gasteiger partial charge in [-0.15, -0.1) is 0 Å². The van der Waals surface area contributed by atoms with Crippen molar-refractivity contribution in [1.29, 1.82) is 0 Å². The van der Waals surface area contributed by atoms with E-state index in [1.807, 2.05) is 19.2 Å². The largest absolute Gasteiger partial charge is 0.492 e. The number of benzene rings is 1. The summed E-state index contributed by atoms with van der Waals surface area (Å²) in [6, 6.07) is 6.20. The van der Waals surface area contributed by atoms with Gasteiger partial charge in [0, 0.05) is 17.1 Å². The highest BCUT2D eigenvalue weighted by atomic mass is 16.5. The Labute approximate surface area is 77.5 Å². The van der Waals surface area contributed by atoms with Gasteiger partial charge in [-0.1, -0.05) is 12.1 Å². The molecule has 0 saturated carbocycles. The summed E-state index contributed by atoms with van der Waals surface area (Å²) in [5, 5.41) is 1.20. The molecule has 1 aromatic carbocycles. The van der Waals surface area contributed by atoms with Crippen molar-refractivity contribution < 1.29 is 4.74 Å². The van der Waals surface area contributed by atoms with Crippen LogP contribution in [0.15, 0.2) is 24.4 Å². The minimum absolute atomic E-state index is 0.710. The molecule has 0 fully saturated rings. The van der Waals surface area contributed by atoms with Crippen LogP contribution in [-0.2, 0) is 0 Å². The fraction of sp³-hybridized carbons (Fsp3) is 0.273. The summed E-state index contributed by atoms with van der Waals surface area (Å²) >= 11 is 0. The Hall–Kier alpha value is -1.44. The SMILES string of the molecule is CCOc1c[nH]c2cccc(C)c12. The molecule has 0 radical (unpaired) electrons. The summed E-state index contributed by atoms with van der Waals surface area (Å²) in [6.07, 6.45) is 1.92. The summed E-state index contributed by atoms with van der Waals surface area (Å²) in [5.41, 5.74) is 2.39. The Morgan fingerprint density at radius 2 is 2.23 bits per heavy atom. The molecule has 68 valence electrons. The van der Waals surface area contributed by atoms with Gasteiger partial charge < -0.3 is 9.72 Å². The number of ether oxygens (including phenoxy) is 1. The van der Waals surface area contributed by atoms with Gasteiger partial charge in [-0.3, -0.25) is 0 Å². The number of hydrogen-bond donors (Lipinski definition) is 1. The summed E-state index contributed by atoms with van der Waals surface area (Å²) in [7, 11) is 0. The Morgan fingerprint density at radius 3 is 3.00 bits per heavy atom. The van der Waals surface area contributed by atoms with E-state index in [2.05, 4.69) is 24.0 Å². The molecule has 0 aliphatic rings. The van der Waals surface area contributed by atoms with E-state index in [0.29, 0.717) is 6.61 Å². The maximum absolute atomic E-state index is 5.51. The van der Waals surface area contributed by atoms with Crippen molar-refractivity contribution in [3.05, 3.63) is 30.0 Å². The van der Waals surface area contributed by atoms with Gasteiger partial charge in [0.2, 0.25) is 0 Å². The van der Waals surface area contributed by atoms with E-state index in [-0.39, 0.29) is 0 Å². The monoisotopic (exact) mass is 175 g/mol. The van der Waals surface area contributed by atoms with E-state index in [9.17, 15) is 0 Å². The van der Waals surface area contributed by atoms with Crippen molar-refractivity contribution >= 4 is 10.9 Å². The topological polar surface area (TPSA) is 25.0 Å². The predicted octanol–water partition coefficient (Wildman–Crippen LogP) is 2.88. The highest BCUT2D eigenvalue weighted by Crippen LogP contribution is 2.28. The second-order valence-electron chi connectivity index (χ2n) is 3.08. The molecule has 1 aromatic heterocycles. The van der Waals surface area contributed by atoms with Crippen LogP contribution < -0.4 is 4.74 Å². The van der Waals surface area contributed by atoms with E-state index < -0.39 is 0 Å². The van der Waals surface area contributed by atoms with Crippen LogP contribution in [0.2, 0.25) is 0 Å². The molecular formula is C11H13NO. The maximum Gasteiger partial charge on any atom is 0.144 e. The molecule has 0 atom stereocenters. The number of nitrogens with one attached hydrogen (secondary N) is 1. The molecule has 0 saturated heterocycles. The van der Waals surface area contributed by atoms with E-state index in [0.717, 1.165) is 11.3 Å². The second kappa shape index (κ2) is 3.13. The molecule has 1 heterocycles. The summed E-state index contributed by atoms with van der Waals surface area (Å²) < 4.78 is 5.51. The fourth-order valence-corrected chi connectivity index (χ4v) is 1.60. The molecular weight excluding hydrogens is 162 g/mol. The first-order valence-electron chi connectivity index (χ1n) is 4.52. The number of aromatic nitrogens is 1. The van der Waals surface area contributed by atoms with Gasteiger partial charge in [-0.05, 0) is 25.5 Å². The average Bonchev–Trinajstić information content (AvgIpc) is 2.51. The normalized spacial score (nSPS) is 10.6. The molecule has 2 nitrogen and oxygen atoms in total. The van der Waals surface area contributed by atoms with Gasteiger partial charge in [0.1, 0.15) is 5.75 Å². The Morgan fingerprint density at radius 1 is 1.38 bits per heavy atom. The van der Waals surface area contributed by atoms with Crippen LogP contribution in [0.3, 0.4) is 0 Å². The van der Waals surface area contributed by atoms with Crippen molar-refractivity contribution in [3.63, 3.8) is 0 Å². The smallest absolute Gasteiger partial charge is 0.144 e. The van der Waals surface area contributed by atoms with Crippen molar-refractivity contribution in [2.24, 2.45) is 0 Å². The van der Waals surface area contributed by atoms with Gasteiger partial charge in [-0.25, -0.2) is 0 Å². The first-order valence-corrected chi connectivity index (χ1v) is 4.52. The predicted molar refractivity (Wildman–Crippen MR) is 54.2 cm³/mol. The molecule has 2 heteroatoms. The zero-order valence-electron chi connectivity index (χ0n) is 7.92. The summed E-state index contributed by atoms with van der Waals surface area (Å²) in [5.74, 6) is 0.954. The lowest BCUT2D eigenvalue weighted by atomic mass is 10.1. The van der Waals surface area contributed by atoms with Crippen LogP contribution in [0.25, 0.3) is 10.9 Å². The molecule has 1 N–H and O–H groups in total. The van der Waals surface area contributed by atoms with Crippen molar-refractivity contribution in [1.82, 2.24) is 4.98 Å². The van der Waals surface area contributed by atoms with Gasteiger partial charge in [-0.2, -0.15) is 0 Å². The van der Waals surface area contributed by atoms with Gasteiger partial charge in [0.25, 0.3) is 0 Å². The Bertz CT molecular complexity index is 417.